The maximum absolute atomic E-state index is 14.0. The number of carbonyl (C=O) groups is 3. The van der Waals surface area contributed by atoms with Crippen LogP contribution in [-0.4, -0.2) is 51.7 Å². The highest BCUT2D eigenvalue weighted by Gasteiger charge is 2.42. The molecular weight excluding hydrogens is 470 g/mol. The van der Waals surface area contributed by atoms with Crippen LogP contribution in [0.2, 0.25) is 0 Å². The van der Waals surface area contributed by atoms with E-state index in [1.807, 2.05) is 83.1 Å². The molecule has 2 aromatic rings. The van der Waals surface area contributed by atoms with E-state index in [-0.39, 0.29) is 12.5 Å². The van der Waals surface area contributed by atoms with Crippen LogP contribution in [0.5, 0.6) is 0 Å². The standard InChI is InChI=1S/C29H41N3O5/c1-19-13-12-14-20(2)23(19)24(25(34)30-17-21-15-10-9-11-16-21)32(28(3,4)5)26(35)22(18-33)31-27(36)37-29(6,7)8/h9-16,22,24,33H,17-18H2,1-8H3,(H,30,34)(H,31,36). The maximum Gasteiger partial charge on any atom is 0.408 e. The minimum Gasteiger partial charge on any atom is -0.444 e. The summed E-state index contributed by atoms with van der Waals surface area (Å²) in [7, 11) is 0. The molecule has 3 N–H and O–H groups in total. The quantitative estimate of drug-likeness (QED) is 0.493. The Balaban J connectivity index is 2.53. The van der Waals surface area contributed by atoms with Gasteiger partial charge in [-0.05, 0) is 77.6 Å². The molecule has 0 aliphatic rings. The Morgan fingerprint density at radius 1 is 0.919 bits per heavy atom. The number of benzene rings is 2. The zero-order chi connectivity index (χ0) is 28.0. The van der Waals surface area contributed by atoms with E-state index in [9.17, 15) is 19.5 Å². The van der Waals surface area contributed by atoms with Crippen molar-refractivity contribution in [3.05, 3.63) is 70.8 Å². The first-order chi connectivity index (χ1) is 17.2. The lowest BCUT2D eigenvalue weighted by Crippen LogP contribution is -2.59. The van der Waals surface area contributed by atoms with Crippen LogP contribution in [0.15, 0.2) is 48.5 Å². The highest BCUT2D eigenvalue weighted by atomic mass is 16.6. The summed E-state index contributed by atoms with van der Waals surface area (Å²) in [5.41, 5.74) is 1.69. The van der Waals surface area contributed by atoms with Gasteiger partial charge in [0.25, 0.3) is 0 Å². The summed E-state index contributed by atoms with van der Waals surface area (Å²) in [6.45, 7) is 14.0. The van der Waals surface area contributed by atoms with Gasteiger partial charge in [-0.3, -0.25) is 9.59 Å². The van der Waals surface area contributed by atoms with Gasteiger partial charge in [-0.2, -0.15) is 0 Å². The van der Waals surface area contributed by atoms with E-state index in [1.54, 1.807) is 20.8 Å². The Bertz CT molecular complexity index is 1070. The molecule has 0 fully saturated rings. The van der Waals surface area contributed by atoms with Gasteiger partial charge >= 0.3 is 6.09 Å². The van der Waals surface area contributed by atoms with Crippen molar-refractivity contribution >= 4 is 17.9 Å². The highest BCUT2D eigenvalue weighted by Crippen LogP contribution is 2.33. The van der Waals surface area contributed by atoms with E-state index in [4.69, 9.17) is 4.74 Å². The van der Waals surface area contributed by atoms with Crippen molar-refractivity contribution in [2.24, 2.45) is 0 Å². The number of rotatable bonds is 8. The van der Waals surface area contributed by atoms with Gasteiger partial charge in [0.05, 0.1) is 6.61 Å². The van der Waals surface area contributed by atoms with Crippen molar-refractivity contribution in [3.8, 4) is 0 Å². The Morgan fingerprint density at radius 3 is 1.97 bits per heavy atom. The second kappa shape index (κ2) is 12.2. The fraction of sp³-hybridized carbons (Fsp3) is 0.483. The number of aryl methyl sites for hydroxylation is 2. The molecule has 0 radical (unpaired) electrons. The third kappa shape index (κ3) is 8.32. The lowest BCUT2D eigenvalue weighted by atomic mass is 9.90. The number of nitrogens with zero attached hydrogens (tertiary/aromatic N) is 1. The van der Waals surface area contributed by atoms with E-state index < -0.39 is 41.8 Å². The number of hydrogen-bond acceptors (Lipinski definition) is 5. The van der Waals surface area contributed by atoms with Gasteiger partial charge in [-0.1, -0.05) is 48.5 Å². The average molecular weight is 512 g/mol. The van der Waals surface area contributed by atoms with Gasteiger partial charge < -0.3 is 25.4 Å². The van der Waals surface area contributed by atoms with E-state index in [1.165, 1.54) is 4.90 Å². The molecule has 0 saturated heterocycles. The van der Waals surface area contributed by atoms with Gasteiger partial charge in [0, 0.05) is 12.1 Å². The number of hydrogen-bond donors (Lipinski definition) is 3. The molecule has 2 aromatic carbocycles. The Kier molecular flexibility index (Phi) is 9.87. The lowest BCUT2D eigenvalue weighted by Gasteiger charge is -2.43. The second-order valence-corrected chi connectivity index (χ2v) is 11.2. The van der Waals surface area contributed by atoms with Crippen molar-refractivity contribution in [3.63, 3.8) is 0 Å². The van der Waals surface area contributed by atoms with Crippen LogP contribution in [0.25, 0.3) is 0 Å². The van der Waals surface area contributed by atoms with E-state index in [2.05, 4.69) is 10.6 Å². The van der Waals surface area contributed by atoms with Gasteiger partial charge in [-0.25, -0.2) is 4.79 Å². The predicted molar refractivity (Wildman–Crippen MR) is 144 cm³/mol. The number of ether oxygens (including phenoxy) is 1. The smallest absolute Gasteiger partial charge is 0.408 e. The van der Waals surface area contributed by atoms with E-state index >= 15 is 0 Å². The monoisotopic (exact) mass is 511 g/mol. The average Bonchev–Trinajstić information content (AvgIpc) is 2.78. The fourth-order valence-corrected chi connectivity index (χ4v) is 4.17. The van der Waals surface area contributed by atoms with Crippen molar-refractivity contribution in [2.75, 3.05) is 6.61 Å². The van der Waals surface area contributed by atoms with Crippen LogP contribution in [-0.2, 0) is 20.9 Å². The van der Waals surface area contributed by atoms with Crippen molar-refractivity contribution in [1.29, 1.82) is 0 Å². The Labute approximate surface area is 220 Å². The Hall–Kier alpha value is -3.39. The first-order valence-corrected chi connectivity index (χ1v) is 12.5. The zero-order valence-electron chi connectivity index (χ0n) is 23.2. The number of nitrogens with one attached hydrogen (secondary N) is 2. The second-order valence-electron chi connectivity index (χ2n) is 11.2. The van der Waals surface area contributed by atoms with Crippen LogP contribution >= 0.6 is 0 Å². The number of aliphatic hydroxyl groups excluding tert-OH is 1. The SMILES string of the molecule is Cc1cccc(C)c1C(C(=O)NCc1ccccc1)N(C(=O)C(CO)NC(=O)OC(C)(C)C)C(C)(C)C. The molecule has 3 amide bonds. The fourth-order valence-electron chi connectivity index (χ4n) is 4.17. The Morgan fingerprint density at radius 2 is 1.49 bits per heavy atom. The summed E-state index contributed by atoms with van der Waals surface area (Å²) in [6, 6.07) is 12.9. The highest BCUT2D eigenvalue weighted by molar-refractivity contribution is 5.93. The van der Waals surface area contributed by atoms with Gasteiger partial charge in [0.15, 0.2) is 0 Å². The van der Waals surface area contributed by atoms with Crippen LogP contribution in [0, 0.1) is 13.8 Å². The molecule has 0 bridgehead atoms. The molecule has 2 unspecified atom stereocenters. The maximum atomic E-state index is 14.0. The zero-order valence-corrected chi connectivity index (χ0v) is 23.2. The molecule has 2 rings (SSSR count). The first-order valence-electron chi connectivity index (χ1n) is 12.5. The number of amides is 3. The summed E-state index contributed by atoms with van der Waals surface area (Å²) < 4.78 is 5.29. The number of aliphatic hydroxyl groups is 1. The molecule has 0 saturated carbocycles. The van der Waals surface area contributed by atoms with Gasteiger partial charge in [-0.15, -0.1) is 0 Å². The van der Waals surface area contributed by atoms with Crippen molar-refractivity contribution in [2.45, 2.75) is 85.2 Å². The van der Waals surface area contributed by atoms with Gasteiger partial charge in [0.2, 0.25) is 11.8 Å². The molecule has 0 aliphatic heterocycles. The molecule has 8 heteroatoms. The third-order valence-corrected chi connectivity index (χ3v) is 5.76. The number of alkyl carbamates (subject to hydrolysis) is 1. The minimum absolute atomic E-state index is 0.285. The molecule has 0 aliphatic carbocycles. The summed E-state index contributed by atoms with van der Waals surface area (Å²) in [5.74, 6) is -0.957. The topological polar surface area (TPSA) is 108 Å². The van der Waals surface area contributed by atoms with Crippen molar-refractivity contribution in [1.82, 2.24) is 15.5 Å². The molecular formula is C29H41N3O5. The lowest BCUT2D eigenvalue weighted by molar-refractivity contribution is -0.149. The van der Waals surface area contributed by atoms with E-state index in [0.717, 1.165) is 16.7 Å². The van der Waals surface area contributed by atoms with Crippen LogP contribution < -0.4 is 10.6 Å². The summed E-state index contributed by atoms with van der Waals surface area (Å²) in [6.07, 6.45) is -0.828. The molecule has 0 heterocycles. The molecule has 37 heavy (non-hydrogen) atoms. The summed E-state index contributed by atoms with van der Waals surface area (Å²) >= 11 is 0. The molecule has 8 nitrogen and oxygen atoms in total. The predicted octanol–water partition coefficient (Wildman–Crippen LogP) is 4.17. The largest absolute Gasteiger partial charge is 0.444 e. The van der Waals surface area contributed by atoms with E-state index in [0.29, 0.717) is 5.56 Å². The van der Waals surface area contributed by atoms with Gasteiger partial charge in [0.1, 0.15) is 17.7 Å². The molecule has 0 spiro atoms. The van der Waals surface area contributed by atoms with Crippen LogP contribution in [0.4, 0.5) is 4.79 Å². The molecule has 0 aromatic heterocycles. The number of carbonyl (C=O) groups excluding carboxylic acids is 3. The third-order valence-electron chi connectivity index (χ3n) is 5.76. The molecule has 2 atom stereocenters. The van der Waals surface area contributed by atoms with Crippen LogP contribution in [0.1, 0.15) is 69.8 Å². The summed E-state index contributed by atoms with van der Waals surface area (Å²) in [5, 5.41) is 15.5. The molecule has 202 valence electrons. The normalized spacial score (nSPS) is 13.3. The van der Waals surface area contributed by atoms with Crippen molar-refractivity contribution < 1.29 is 24.2 Å². The van der Waals surface area contributed by atoms with Crippen LogP contribution in [0.3, 0.4) is 0 Å². The first kappa shape index (κ1) is 29.8. The minimum atomic E-state index is -1.30. The summed E-state index contributed by atoms with van der Waals surface area (Å²) in [4.78, 5) is 41.7.